The molecular weight excluding hydrogens is 214 g/mol. The van der Waals surface area contributed by atoms with Gasteiger partial charge in [-0.15, -0.1) is 0 Å². The number of aromatic nitrogens is 2. The zero-order chi connectivity index (χ0) is 11.7. The Morgan fingerprint density at radius 2 is 2.24 bits per heavy atom. The van der Waals surface area contributed by atoms with E-state index in [-0.39, 0.29) is 6.10 Å². The largest absolute Gasteiger partial charge is 0.488 e. The van der Waals surface area contributed by atoms with Gasteiger partial charge in [0.05, 0.1) is 12.2 Å². The molecule has 88 valence electrons. The number of ether oxygens (including phenoxy) is 1. The third kappa shape index (κ3) is 2.03. The standard InChI is InChI=1S/C13H15N3O/c14-8-11-5-6-16(15-11)9-12-7-10-3-1-2-4-13(10)17-12/h1-6,12H,7-9,14H2. The zero-order valence-corrected chi connectivity index (χ0v) is 9.54. The Morgan fingerprint density at radius 3 is 3.00 bits per heavy atom. The number of rotatable bonds is 3. The van der Waals surface area contributed by atoms with Gasteiger partial charge in [0.2, 0.25) is 0 Å². The van der Waals surface area contributed by atoms with Gasteiger partial charge in [-0.05, 0) is 17.7 Å². The van der Waals surface area contributed by atoms with Gasteiger partial charge in [-0.25, -0.2) is 0 Å². The molecule has 0 spiro atoms. The van der Waals surface area contributed by atoms with Gasteiger partial charge in [-0.2, -0.15) is 5.10 Å². The number of hydrogen-bond acceptors (Lipinski definition) is 3. The van der Waals surface area contributed by atoms with Crippen LogP contribution < -0.4 is 10.5 Å². The maximum atomic E-state index is 5.86. The van der Waals surface area contributed by atoms with Crippen molar-refractivity contribution in [2.45, 2.75) is 25.6 Å². The van der Waals surface area contributed by atoms with Crippen LogP contribution in [0.25, 0.3) is 0 Å². The summed E-state index contributed by atoms with van der Waals surface area (Å²) in [7, 11) is 0. The lowest BCUT2D eigenvalue weighted by Gasteiger charge is -2.10. The van der Waals surface area contributed by atoms with Crippen LogP contribution in [0.4, 0.5) is 0 Å². The van der Waals surface area contributed by atoms with E-state index in [4.69, 9.17) is 10.5 Å². The molecule has 0 radical (unpaired) electrons. The first kappa shape index (κ1) is 10.4. The summed E-state index contributed by atoms with van der Waals surface area (Å²) in [6.45, 7) is 1.26. The monoisotopic (exact) mass is 229 g/mol. The number of benzene rings is 1. The van der Waals surface area contributed by atoms with E-state index in [0.717, 1.165) is 24.4 Å². The highest BCUT2D eigenvalue weighted by molar-refractivity contribution is 5.37. The van der Waals surface area contributed by atoms with Crippen LogP contribution in [0.5, 0.6) is 5.75 Å². The van der Waals surface area contributed by atoms with Crippen LogP contribution >= 0.6 is 0 Å². The fraction of sp³-hybridized carbons (Fsp3) is 0.308. The smallest absolute Gasteiger partial charge is 0.123 e. The minimum absolute atomic E-state index is 0.179. The normalized spacial score (nSPS) is 17.8. The number of fused-ring (bicyclic) bond motifs is 1. The Labute approximate surface area is 100 Å². The molecule has 2 heterocycles. The van der Waals surface area contributed by atoms with Crippen LogP contribution in [-0.4, -0.2) is 15.9 Å². The van der Waals surface area contributed by atoms with Crippen molar-refractivity contribution in [2.75, 3.05) is 0 Å². The Balaban J connectivity index is 1.69. The SMILES string of the molecule is NCc1ccn(CC2Cc3ccccc3O2)n1. The number of nitrogens with two attached hydrogens (primary N) is 1. The number of hydrogen-bond donors (Lipinski definition) is 1. The van der Waals surface area contributed by atoms with Crippen molar-refractivity contribution in [1.82, 2.24) is 9.78 Å². The Kier molecular flexibility index (Phi) is 2.57. The first-order valence-corrected chi connectivity index (χ1v) is 5.82. The molecule has 0 aliphatic carbocycles. The lowest BCUT2D eigenvalue weighted by Crippen LogP contribution is -2.21. The zero-order valence-electron chi connectivity index (χ0n) is 9.54. The third-order valence-corrected chi connectivity index (χ3v) is 3.01. The Bertz CT molecular complexity index is 496. The molecule has 3 rings (SSSR count). The van der Waals surface area contributed by atoms with Gasteiger partial charge in [-0.3, -0.25) is 4.68 Å². The van der Waals surface area contributed by atoms with Crippen molar-refractivity contribution in [3.05, 3.63) is 47.8 Å². The first-order chi connectivity index (χ1) is 8.35. The van der Waals surface area contributed by atoms with Gasteiger partial charge in [0, 0.05) is 19.2 Å². The molecule has 1 aromatic heterocycles. The molecule has 0 saturated heterocycles. The summed E-state index contributed by atoms with van der Waals surface area (Å²) in [6, 6.07) is 10.1. The minimum Gasteiger partial charge on any atom is -0.488 e. The molecule has 1 aliphatic rings. The van der Waals surface area contributed by atoms with Crippen molar-refractivity contribution in [1.29, 1.82) is 0 Å². The molecule has 0 fully saturated rings. The van der Waals surface area contributed by atoms with Crippen LogP contribution in [0, 0.1) is 0 Å². The lowest BCUT2D eigenvalue weighted by atomic mass is 10.1. The fourth-order valence-electron chi connectivity index (χ4n) is 2.18. The molecule has 17 heavy (non-hydrogen) atoms. The van der Waals surface area contributed by atoms with E-state index in [1.807, 2.05) is 35.1 Å². The van der Waals surface area contributed by atoms with Gasteiger partial charge in [0.15, 0.2) is 0 Å². The van der Waals surface area contributed by atoms with Crippen LogP contribution in [0.3, 0.4) is 0 Å². The van der Waals surface area contributed by atoms with E-state index in [2.05, 4.69) is 11.2 Å². The summed E-state index contributed by atoms with van der Waals surface area (Å²) in [5.74, 6) is 1.00. The molecule has 2 N–H and O–H groups in total. The number of nitrogens with zero attached hydrogens (tertiary/aromatic N) is 2. The van der Waals surface area contributed by atoms with E-state index in [9.17, 15) is 0 Å². The van der Waals surface area contributed by atoms with Crippen LogP contribution in [0.1, 0.15) is 11.3 Å². The average molecular weight is 229 g/mol. The van der Waals surface area contributed by atoms with Crippen molar-refractivity contribution >= 4 is 0 Å². The third-order valence-electron chi connectivity index (χ3n) is 3.01. The highest BCUT2D eigenvalue weighted by Crippen LogP contribution is 2.28. The van der Waals surface area contributed by atoms with Crippen LogP contribution in [-0.2, 0) is 19.5 Å². The maximum absolute atomic E-state index is 5.86. The predicted molar refractivity (Wildman–Crippen MR) is 64.7 cm³/mol. The van der Waals surface area contributed by atoms with Crippen LogP contribution in [0.15, 0.2) is 36.5 Å². The molecule has 1 aliphatic heterocycles. The lowest BCUT2D eigenvalue weighted by molar-refractivity contribution is 0.203. The average Bonchev–Trinajstić information content (AvgIpc) is 2.94. The predicted octanol–water partition coefficient (Wildman–Crippen LogP) is 1.35. The number of para-hydroxylation sites is 1. The topological polar surface area (TPSA) is 53.1 Å². The summed E-state index contributed by atoms with van der Waals surface area (Å²) < 4.78 is 7.76. The summed E-state index contributed by atoms with van der Waals surface area (Å²) in [5, 5.41) is 4.37. The summed E-state index contributed by atoms with van der Waals surface area (Å²) in [6.07, 6.45) is 3.08. The molecule has 4 nitrogen and oxygen atoms in total. The van der Waals surface area contributed by atoms with E-state index in [1.54, 1.807) is 0 Å². The fourth-order valence-corrected chi connectivity index (χ4v) is 2.18. The van der Waals surface area contributed by atoms with Crippen molar-refractivity contribution in [3.63, 3.8) is 0 Å². The van der Waals surface area contributed by atoms with E-state index >= 15 is 0 Å². The van der Waals surface area contributed by atoms with Gasteiger partial charge >= 0.3 is 0 Å². The highest BCUT2D eigenvalue weighted by Gasteiger charge is 2.22. The Hall–Kier alpha value is -1.81. The molecule has 1 unspecified atom stereocenters. The Morgan fingerprint density at radius 1 is 1.35 bits per heavy atom. The molecule has 4 heteroatoms. The van der Waals surface area contributed by atoms with Gasteiger partial charge in [0.1, 0.15) is 11.9 Å². The molecular formula is C13H15N3O. The van der Waals surface area contributed by atoms with Crippen molar-refractivity contribution in [3.8, 4) is 5.75 Å². The van der Waals surface area contributed by atoms with Gasteiger partial charge < -0.3 is 10.5 Å². The van der Waals surface area contributed by atoms with Crippen LogP contribution in [0.2, 0.25) is 0 Å². The summed E-state index contributed by atoms with van der Waals surface area (Å²) in [5.41, 5.74) is 7.73. The van der Waals surface area contributed by atoms with E-state index in [1.165, 1.54) is 5.56 Å². The molecule has 1 aromatic carbocycles. The first-order valence-electron chi connectivity index (χ1n) is 5.82. The molecule has 0 saturated carbocycles. The molecule has 2 aromatic rings. The second-order valence-electron chi connectivity index (χ2n) is 4.28. The molecule has 0 amide bonds. The van der Waals surface area contributed by atoms with Gasteiger partial charge in [-0.1, -0.05) is 18.2 Å². The molecule has 1 atom stereocenters. The maximum Gasteiger partial charge on any atom is 0.123 e. The summed E-state index contributed by atoms with van der Waals surface area (Å²) >= 11 is 0. The van der Waals surface area contributed by atoms with Crippen molar-refractivity contribution < 1.29 is 4.74 Å². The second-order valence-corrected chi connectivity index (χ2v) is 4.28. The van der Waals surface area contributed by atoms with E-state index in [0.29, 0.717) is 6.54 Å². The highest BCUT2D eigenvalue weighted by atomic mass is 16.5. The summed E-state index contributed by atoms with van der Waals surface area (Å²) in [4.78, 5) is 0. The van der Waals surface area contributed by atoms with Gasteiger partial charge in [0.25, 0.3) is 0 Å². The second kappa shape index (κ2) is 4.22. The molecule has 0 bridgehead atoms. The van der Waals surface area contributed by atoms with E-state index < -0.39 is 0 Å². The quantitative estimate of drug-likeness (QED) is 0.864. The van der Waals surface area contributed by atoms with Crippen molar-refractivity contribution in [2.24, 2.45) is 5.73 Å². The minimum atomic E-state index is 0.179.